The van der Waals surface area contributed by atoms with E-state index in [0.717, 1.165) is 54.6 Å². The number of amides is 1. The molecule has 206 valence electrons. The summed E-state index contributed by atoms with van der Waals surface area (Å²) in [5.74, 6) is -0.255. The zero-order valence-electron chi connectivity index (χ0n) is 22.4. The van der Waals surface area contributed by atoms with Crippen LogP contribution in [0.3, 0.4) is 0 Å². The van der Waals surface area contributed by atoms with E-state index in [2.05, 4.69) is 18.8 Å². The monoisotopic (exact) mass is 551 g/mol. The molecule has 0 bridgehead atoms. The quantitative estimate of drug-likeness (QED) is 0.312. The standard InChI is InChI=1S/C30H33ClFN3O.CH2O2/c1-4-5-8-27(25-10-7-6-9-24(25)26-12-11-21(2)19-28(26)32)29(31)35-16-13-23(20-22(35)3)30(36)34-17-14-33-15-18-34;2-1-3/h6-7,9-13,16,19-20,33H,3-5,8,14-15,17-18H2,1-2H3;1H,(H,2,3)/b29-27+;. The van der Waals surface area contributed by atoms with Gasteiger partial charge in [0.2, 0.25) is 0 Å². The highest BCUT2D eigenvalue weighted by molar-refractivity contribution is 6.32. The molecule has 1 amide bonds. The first-order chi connectivity index (χ1) is 18.8. The fourth-order valence-corrected chi connectivity index (χ4v) is 4.95. The maximum absolute atomic E-state index is 15.0. The lowest BCUT2D eigenvalue weighted by Gasteiger charge is -2.30. The van der Waals surface area contributed by atoms with Gasteiger partial charge in [0.15, 0.2) is 0 Å². The molecule has 2 heterocycles. The van der Waals surface area contributed by atoms with Crippen molar-refractivity contribution in [3.8, 4) is 11.1 Å². The molecule has 0 spiro atoms. The van der Waals surface area contributed by atoms with E-state index in [0.29, 0.717) is 35.1 Å². The van der Waals surface area contributed by atoms with E-state index in [1.165, 1.54) is 0 Å². The van der Waals surface area contributed by atoms with E-state index in [1.54, 1.807) is 24.4 Å². The van der Waals surface area contributed by atoms with Crippen molar-refractivity contribution in [2.75, 3.05) is 26.2 Å². The zero-order chi connectivity index (χ0) is 28.4. The van der Waals surface area contributed by atoms with Crippen LogP contribution >= 0.6 is 11.6 Å². The van der Waals surface area contributed by atoms with Crippen molar-refractivity contribution < 1.29 is 19.1 Å². The van der Waals surface area contributed by atoms with Crippen LogP contribution in [0.5, 0.6) is 0 Å². The molecule has 39 heavy (non-hydrogen) atoms. The minimum absolute atomic E-state index is 0.0000466. The average Bonchev–Trinajstić information content (AvgIpc) is 2.94. The summed E-state index contributed by atoms with van der Waals surface area (Å²) in [6, 6.07) is 13.1. The van der Waals surface area contributed by atoms with Gasteiger partial charge in [-0.25, -0.2) is 4.39 Å². The number of nitrogens with zero attached hydrogens (tertiary/aromatic N) is 2. The van der Waals surface area contributed by atoms with E-state index in [4.69, 9.17) is 21.5 Å². The molecule has 0 unspecified atom stereocenters. The average molecular weight is 552 g/mol. The van der Waals surface area contributed by atoms with Crippen LogP contribution in [0.4, 0.5) is 4.39 Å². The third-order valence-corrected chi connectivity index (χ3v) is 7.00. The van der Waals surface area contributed by atoms with Crippen molar-refractivity contribution in [3.63, 3.8) is 0 Å². The van der Waals surface area contributed by atoms with E-state index in [1.807, 2.05) is 53.1 Å². The van der Waals surface area contributed by atoms with Crippen LogP contribution in [0.15, 0.2) is 83.8 Å². The molecule has 1 fully saturated rings. The Morgan fingerprint density at radius 1 is 1.18 bits per heavy atom. The van der Waals surface area contributed by atoms with Gasteiger partial charge < -0.3 is 20.2 Å². The number of hydrogen-bond donors (Lipinski definition) is 2. The van der Waals surface area contributed by atoms with E-state index in [9.17, 15) is 9.18 Å². The molecule has 6 nitrogen and oxygen atoms in total. The van der Waals surface area contributed by atoms with Gasteiger partial charge in [0, 0.05) is 49.2 Å². The predicted molar refractivity (Wildman–Crippen MR) is 155 cm³/mol. The summed E-state index contributed by atoms with van der Waals surface area (Å²) in [4.78, 5) is 25.0. The van der Waals surface area contributed by atoms with Crippen molar-refractivity contribution in [1.82, 2.24) is 15.1 Å². The lowest BCUT2D eigenvalue weighted by atomic mass is 9.91. The SMILES string of the molecule is C=C1C=C(C(=O)N2CCNCC2)C=CN1/C(Cl)=C(\CCCC)c1ccccc1-c1ccc(C)cc1F.O=CO. The highest BCUT2D eigenvalue weighted by Crippen LogP contribution is 2.38. The summed E-state index contributed by atoms with van der Waals surface area (Å²) in [7, 11) is 0. The lowest BCUT2D eigenvalue weighted by Crippen LogP contribution is -2.47. The van der Waals surface area contributed by atoms with Gasteiger partial charge in [-0.2, -0.15) is 0 Å². The summed E-state index contributed by atoms with van der Waals surface area (Å²) in [5.41, 5.74) is 5.26. The van der Waals surface area contributed by atoms with Crippen molar-refractivity contribution in [2.45, 2.75) is 33.1 Å². The molecule has 2 aliphatic rings. The number of unbranched alkanes of at least 4 members (excludes halogenated alkanes) is 1. The molecule has 2 aromatic rings. The smallest absolute Gasteiger partial charge is 0.290 e. The predicted octanol–water partition coefficient (Wildman–Crippen LogP) is 6.30. The van der Waals surface area contributed by atoms with Crippen LogP contribution in [0.2, 0.25) is 0 Å². The van der Waals surface area contributed by atoms with Crippen molar-refractivity contribution in [2.24, 2.45) is 0 Å². The maximum atomic E-state index is 15.0. The summed E-state index contributed by atoms with van der Waals surface area (Å²) in [6.45, 7) is 10.9. The fraction of sp³-hybridized carbons (Fsp3) is 0.290. The highest BCUT2D eigenvalue weighted by atomic mass is 35.5. The normalized spacial score (nSPS) is 15.7. The molecular weight excluding hydrogens is 517 g/mol. The van der Waals surface area contributed by atoms with Crippen LogP contribution < -0.4 is 5.32 Å². The van der Waals surface area contributed by atoms with E-state index >= 15 is 0 Å². The van der Waals surface area contributed by atoms with Gasteiger partial charge in [-0.3, -0.25) is 9.59 Å². The lowest BCUT2D eigenvalue weighted by molar-refractivity contribution is -0.127. The number of hydrogen-bond acceptors (Lipinski definition) is 4. The van der Waals surface area contributed by atoms with Gasteiger partial charge in [0.05, 0.1) is 0 Å². The van der Waals surface area contributed by atoms with Crippen LogP contribution in [-0.4, -0.2) is 53.5 Å². The first-order valence-corrected chi connectivity index (χ1v) is 13.4. The summed E-state index contributed by atoms with van der Waals surface area (Å²) in [5, 5.41) is 10.7. The number of nitrogens with one attached hydrogen (secondary N) is 1. The molecular formula is C31H35ClFN3O3. The Bertz CT molecular complexity index is 1300. The van der Waals surface area contributed by atoms with Crippen LogP contribution in [0.1, 0.15) is 37.3 Å². The third-order valence-electron chi connectivity index (χ3n) is 6.59. The van der Waals surface area contributed by atoms with Crippen LogP contribution in [0.25, 0.3) is 16.7 Å². The van der Waals surface area contributed by atoms with Gasteiger partial charge in [0.25, 0.3) is 12.4 Å². The Labute approximate surface area is 234 Å². The number of benzene rings is 2. The molecule has 2 N–H and O–H groups in total. The maximum Gasteiger partial charge on any atom is 0.290 e. The van der Waals surface area contributed by atoms with Crippen molar-refractivity contribution >= 4 is 29.6 Å². The third kappa shape index (κ3) is 7.46. The Kier molecular flexibility index (Phi) is 11.1. The van der Waals surface area contributed by atoms with Gasteiger partial charge in [-0.05, 0) is 60.2 Å². The van der Waals surface area contributed by atoms with Crippen LogP contribution in [-0.2, 0) is 9.59 Å². The molecule has 4 rings (SSSR count). The second kappa shape index (κ2) is 14.5. The Morgan fingerprint density at radius 2 is 1.87 bits per heavy atom. The summed E-state index contributed by atoms with van der Waals surface area (Å²) in [6.07, 6.45) is 8.05. The molecule has 0 aliphatic carbocycles. The second-order valence-corrected chi connectivity index (χ2v) is 9.68. The molecule has 0 atom stereocenters. The van der Waals surface area contributed by atoms with Gasteiger partial charge in [-0.15, -0.1) is 0 Å². The largest absolute Gasteiger partial charge is 0.483 e. The number of carbonyl (C=O) groups is 2. The minimum Gasteiger partial charge on any atom is -0.483 e. The first kappa shape index (κ1) is 29.9. The Hall–Kier alpha value is -3.68. The number of rotatable bonds is 7. The van der Waals surface area contributed by atoms with Gasteiger partial charge in [-0.1, -0.05) is 67.9 Å². The molecule has 0 radical (unpaired) electrons. The van der Waals surface area contributed by atoms with Crippen LogP contribution in [0, 0.1) is 12.7 Å². The number of halogens is 2. The molecule has 2 aromatic carbocycles. The van der Waals surface area contributed by atoms with Crippen molar-refractivity contribution in [3.05, 3.63) is 101 Å². The first-order valence-electron chi connectivity index (χ1n) is 13.0. The molecule has 2 aliphatic heterocycles. The fourth-order valence-electron chi connectivity index (χ4n) is 4.59. The number of piperazine rings is 1. The topological polar surface area (TPSA) is 72.9 Å². The Balaban J connectivity index is 0.00000134. The molecule has 1 saturated heterocycles. The minimum atomic E-state index is -0.255. The number of carbonyl (C=O) groups excluding carboxylic acids is 1. The number of allylic oxidation sites excluding steroid dienone is 2. The summed E-state index contributed by atoms with van der Waals surface area (Å²) >= 11 is 7.06. The highest BCUT2D eigenvalue weighted by Gasteiger charge is 2.24. The zero-order valence-corrected chi connectivity index (χ0v) is 23.2. The number of aryl methyl sites for hydroxylation is 1. The molecule has 0 saturated carbocycles. The van der Waals surface area contributed by atoms with Gasteiger partial charge in [0.1, 0.15) is 11.0 Å². The summed E-state index contributed by atoms with van der Waals surface area (Å²) < 4.78 is 15.0. The van der Waals surface area contributed by atoms with Gasteiger partial charge >= 0.3 is 0 Å². The second-order valence-electron chi connectivity index (χ2n) is 9.33. The van der Waals surface area contributed by atoms with E-state index < -0.39 is 0 Å². The van der Waals surface area contributed by atoms with Crippen molar-refractivity contribution in [1.29, 1.82) is 0 Å². The van der Waals surface area contributed by atoms with E-state index in [-0.39, 0.29) is 18.2 Å². The Morgan fingerprint density at radius 3 is 2.51 bits per heavy atom. The molecule has 0 aromatic heterocycles. The molecule has 8 heteroatoms. The number of carboxylic acid groups (broad SMARTS) is 1.